The smallest absolute Gasteiger partial charge is 0.0201 e. The maximum atomic E-state index is 2.58. The molecule has 1 nitrogen and oxygen atoms in total. The highest BCUT2D eigenvalue weighted by Crippen LogP contribution is 2.63. The Bertz CT molecular complexity index is 300. The molecule has 1 unspecified atom stereocenters. The van der Waals surface area contributed by atoms with Crippen molar-refractivity contribution in [2.75, 3.05) is 19.6 Å². The van der Waals surface area contributed by atoms with Crippen molar-refractivity contribution < 1.29 is 0 Å². The second-order valence-electron chi connectivity index (χ2n) is 5.89. The molecule has 0 fully saturated rings. The van der Waals surface area contributed by atoms with Crippen LogP contribution in [0.15, 0.2) is 11.1 Å². The Morgan fingerprint density at radius 1 is 1.13 bits per heavy atom. The van der Waals surface area contributed by atoms with E-state index < -0.39 is 0 Å². The first-order valence-corrected chi connectivity index (χ1v) is 6.42. The summed E-state index contributed by atoms with van der Waals surface area (Å²) in [5.41, 5.74) is 4.47. The van der Waals surface area contributed by atoms with Crippen LogP contribution < -0.4 is 0 Å². The quantitative estimate of drug-likeness (QED) is 0.627. The number of hydrogen-bond donors (Lipinski definition) is 0. The molecule has 1 aliphatic carbocycles. The third-order valence-electron chi connectivity index (χ3n) is 5.38. The fourth-order valence-electron chi connectivity index (χ4n) is 3.58. The molecule has 0 aromatic rings. The molecule has 0 aromatic heterocycles. The number of nitrogens with zero attached hydrogens (tertiary/aromatic N) is 1. The average molecular weight is 207 g/mol. The van der Waals surface area contributed by atoms with Gasteiger partial charge in [-0.2, -0.15) is 0 Å². The van der Waals surface area contributed by atoms with Gasteiger partial charge in [-0.15, -0.1) is 0 Å². The monoisotopic (exact) mass is 207 g/mol. The van der Waals surface area contributed by atoms with Gasteiger partial charge in [-0.05, 0) is 35.8 Å². The third-order valence-corrected chi connectivity index (χ3v) is 5.38. The largest absolute Gasteiger partial charge is 0.299 e. The van der Waals surface area contributed by atoms with Crippen molar-refractivity contribution in [1.29, 1.82) is 0 Å². The van der Waals surface area contributed by atoms with Gasteiger partial charge >= 0.3 is 0 Å². The highest BCUT2D eigenvalue weighted by atomic mass is 15.1. The van der Waals surface area contributed by atoms with Gasteiger partial charge in [0.1, 0.15) is 0 Å². The SMILES string of the molecule is CCN1CCC2=C(C1)C(C)(C)C2(C)CC. The highest BCUT2D eigenvalue weighted by molar-refractivity contribution is 5.44. The molecule has 1 heteroatoms. The predicted octanol–water partition coefficient (Wildman–Crippen LogP) is 3.46. The van der Waals surface area contributed by atoms with Crippen LogP contribution in [0, 0.1) is 10.8 Å². The maximum absolute atomic E-state index is 2.58. The van der Waals surface area contributed by atoms with E-state index in [2.05, 4.69) is 39.5 Å². The number of likely N-dealkylation sites (tertiary alicyclic amines) is 1. The van der Waals surface area contributed by atoms with E-state index >= 15 is 0 Å². The van der Waals surface area contributed by atoms with Crippen LogP contribution >= 0.6 is 0 Å². The predicted molar refractivity (Wildman–Crippen MR) is 65.9 cm³/mol. The van der Waals surface area contributed by atoms with Crippen LogP contribution in [0.3, 0.4) is 0 Å². The Labute approximate surface area is 94.5 Å². The molecular weight excluding hydrogens is 182 g/mol. The first-order chi connectivity index (χ1) is 6.97. The minimum Gasteiger partial charge on any atom is -0.299 e. The van der Waals surface area contributed by atoms with Crippen LogP contribution in [0.4, 0.5) is 0 Å². The first kappa shape index (κ1) is 11.2. The summed E-state index contributed by atoms with van der Waals surface area (Å²) in [5.74, 6) is 0. The zero-order chi connectivity index (χ0) is 11.3. The van der Waals surface area contributed by atoms with E-state index in [0.717, 1.165) is 0 Å². The summed E-state index contributed by atoms with van der Waals surface area (Å²) in [4.78, 5) is 2.58. The fraction of sp³-hybridized carbons (Fsp3) is 0.857. The maximum Gasteiger partial charge on any atom is 0.0201 e. The minimum atomic E-state index is 0.435. The van der Waals surface area contributed by atoms with Crippen LogP contribution in [0.2, 0.25) is 0 Å². The summed E-state index contributed by atoms with van der Waals surface area (Å²) in [6.45, 7) is 15.7. The van der Waals surface area contributed by atoms with Crippen LogP contribution in [-0.2, 0) is 0 Å². The van der Waals surface area contributed by atoms with Gasteiger partial charge in [0.25, 0.3) is 0 Å². The summed E-state index contributed by atoms with van der Waals surface area (Å²) < 4.78 is 0. The zero-order valence-corrected chi connectivity index (χ0v) is 11.0. The van der Waals surface area contributed by atoms with E-state index in [1.54, 1.807) is 11.1 Å². The number of likely N-dealkylation sites (N-methyl/N-ethyl adjacent to an activating group) is 1. The van der Waals surface area contributed by atoms with Crippen molar-refractivity contribution in [2.45, 2.75) is 47.5 Å². The Morgan fingerprint density at radius 2 is 1.80 bits per heavy atom. The van der Waals surface area contributed by atoms with E-state index in [4.69, 9.17) is 0 Å². The van der Waals surface area contributed by atoms with E-state index in [0.29, 0.717) is 10.8 Å². The number of hydrogen-bond acceptors (Lipinski definition) is 1. The van der Waals surface area contributed by atoms with Crippen LogP contribution in [-0.4, -0.2) is 24.5 Å². The topological polar surface area (TPSA) is 3.24 Å². The molecule has 0 aromatic carbocycles. The fourth-order valence-corrected chi connectivity index (χ4v) is 3.58. The molecule has 86 valence electrons. The van der Waals surface area contributed by atoms with Gasteiger partial charge in [-0.1, -0.05) is 40.2 Å². The molecule has 2 rings (SSSR count). The van der Waals surface area contributed by atoms with Crippen molar-refractivity contribution in [3.63, 3.8) is 0 Å². The van der Waals surface area contributed by atoms with Gasteiger partial charge < -0.3 is 0 Å². The minimum absolute atomic E-state index is 0.435. The molecule has 0 amide bonds. The second-order valence-corrected chi connectivity index (χ2v) is 5.89. The lowest BCUT2D eigenvalue weighted by Crippen LogP contribution is -2.54. The van der Waals surface area contributed by atoms with Crippen molar-refractivity contribution >= 4 is 0 Å². The number of rotatable bonds is 2. The van der Waals surface area contributed by atoms with Crippen LogP contribution in [0.25, 0.3) is 0 Å². The Morgan fingerprint density at radius 3 is 2.33 bits per heavy atom. The van der Waals surface area contributed by atoms with Gasteiger partial charge in [0.2, 0.25) is 0 Å². The Hall–Kier alpha value is -0.300. The molecule has 0 radical (unpaired) electrons. The van der Waals surface area contributed by atoms with E-state index in [9.17, 15) is 0 Å². The zero-order valence-electron chi connectivity index (χ0n) is 11.0. The molecule has 1 aliphatic heterocycles. The van der Waals surface area contributed by atoms with E-state index in [1.165, 1.54) is 32.5 Å². The van der Waals surface area contributed by atoms with Gasteiger partial charge in [-0.25, -0.2) is 0 Å². The normalized spacial score (nSPS) is 35.0. The van der Waals surface area contributed by atoms with Gasteiger partial charge in [-0.3, -0.25) is 4.90 Å². The molecule has 0 saturated carbocycles. The average Bonchev–Trinajstić information content (AvgIpc) is 2.27. The molecule has 1 heterocycles. The van der Waals surface area contributed by atoms with Crippen molar-refractivity contribution in [3.05, 3.63) is 11.1 Å². The van der Waals surface area contributed by atoms with Gasteiger partial charge in [0, 0.05) is 13.1 Å². The second kappa shape index (κ2) is 3.35. The summed E-state index contributed by atoms with van der Waals surface area (Å²) in [6.07, 6.45) is 2.61. The molecule has 2 aliphatic rings. The van der Waals surface area contributed by atoms with Crippen molar-refractivity contribution in [1.82, 2.24) is 4.90 Å². The van der Waals surface area contributed by atoms with E-state index in [1.807, 2.05) is 0 Å². The highest BCUT2D eigenvalue weighted by Gasteiger charge is 2.55. The summed E-state index contributed by atoms with van der Waals surface area (Å²) in [6, 6.07) is 0. The third kappa shape index (κ3) is 1.25. The summed E-state index contributed by atoms with van der Waals surface area (Å²) >= 11 is 0. The Balaban J connectivity index is 2.30. The van der Waals surface area contributed by atoms with Gasteiger partial charge in [0.15, 0.2) is 0 Å². The Kier molecular flexibility index (Phi) is 2.50. The molecule has 0 spiro atoms. The molecule has 0 N–H and O–H groups in total. The van der Waals surface area contributed by atoms with Crippen molar-refractivity contribution in [3.8, 4) is 0 Å². The lowest BCUT2D eigenvalue weighted by Gasteiger charge is -2.60. The molecule has 15 heavy (non-hydrogen) atoms. The molecule has 1 atom stereocenters. The van der Waals surface area contributed by atoms with Crippen molar-refractivity contribution in [2.24, 2.45) is 10.8 Å². The standard InChI is InChI=1S/C14H25N/c1-6-14(5)11-8-9-15(7-2)10-12(11)13(14,3)4/h6-10H2,1-5H3. The molecule has 0 saturated heterocycles. The van der Waals surface area contributed by atoms with Crippen LogP contribution in [0.5, 0.6) is 0 Å². The lowest BCUT2D eigenvalue weighted by molar-refractivity contribution is 0.0720. The first-order valence-electron chi connectivity index (χ1n) is 6.42. The molecule has 0 bridgehead atoms. The summed E-state index contributed by atoms with van der Waals surface area (Å²) in [7, 11) is 0. The lowest BCUT2D eigenvalue weighted by atomic mass is 9.46. The van der Waals surface area contributed by atoms with Gasteiger partial charge in [0.05, 0.1) is 0 Å². The van der Waals surface area contributed by atoms with Crippen LogP contribution in [0.1, 0.15) is 47.5 Å². The van der Waals surface area contributed by atoms with E-state index in [-0.39, 0.29) is 0 Å². The molecular formula is C14H25N. The summed E-state index contributed by atoms with van der Waals surface area (Å²) in [5, 5.41) is 0.